The first-order valence-corrected chi connectivity index (χ1v) is 9.60. The molecule has 0 atom stereocenters. The minimum Gasteiger partial charge on any atom is -0.323 e. The van der Waals surface area contributed by atoms with Gasteiger partial charge in [0, 0.05) is 10.5 Å². The zero-order valence-corrected chi connectivity index (χ0v) is 15.8. The number of hydrogen-bond acceptors (Lipinski definition) is 5. The van der Waals surface area contributed by atoms with Crippen LogP contribution >= 0.6 is 11.8 Å². The average molecular weight is 367 g/mol. The molecule has 3 aromatic rings. The van der Waals surface area contributed by atoms with Crippen molar-refractivity contribution in [1.29, 1.82) is 0 Å². The predicted molar refractivity (Wildman–Crippen MR) is 104 cm³/mol. The molecule has 0 aliphatic rings. The van der Waals surface area contributed by atoms with E-state index in [1.165, 1.54) is 10.4 Å². The molecule has 0 aliphatic carbocycles. The Morgan fingerprint density at radius 2 is 1.88 bits per heavy atom. The highest BCUT2D eigenvalue weighted by Crippen LogP contribution is 2.24. The molecule has 0 fully saturated rings. The Kier molecular flexibility index (Phi) is 5.68. The Balaban J connectivity index is 1.67. The van der Waals surface area contributed by atoms with Gasteiger partial charge in [-0.2, -0.15) is 4.80 Å². The number of tetrazole rings is 1. The van der Waals surface area contributed by atoms with Crippen LogP contribution in [-0.2, 0) is 11.3 Å². The Hall–Kier alpha value is -2.67. The van der Waals surface area contributed by atoms with Crippen molar-refractivity contribution in [1.82, 2.24) is 20.2 Å². The summed E-state index contributed by atoms with van der Waals surface area (Å²) < 4.78 is 0. The normalized spacial score (nSPS) is 10.9. The third-order valence-electron chi connectivity index (χ3n) is 3.95. The maximum absolute atomic E-state index is 12.3. The first-order chi connectivity index (χ1) is 12.6. The van der Waals surface area contributed by atoms with Gasteiger partial charge in [0.05, 0.1) is 5.69 Å². The highest BCUT2D eigenvalue weighted by molar-refractivity contribution is 7.98. The van der Waals surface area contributed by atoms with Crippen LogP contribution < -0.4 is 5.32 Å². The molecule has 0 bridgehead atoms. The lowest BCUT2D eigenvalue weighted by molar-refractivity contribution is -0.117. The number of rotatable bonds is 6. The van der Waals surface area contributed by atoms with E-state index in [0.717, 1.165) is 16.1 Å². The van der Waals surface area contributed by atoms with Crippen LogP contribution in [0.15, 0.2) is 53.4 Å². The molecule has 3 rings (SSSR count). The lowest BCUT2D eigenvalue weighted by Gasteiger charge is -2.08. The van der Waals surface area contributed by atoms with Crippen LogP contribution in [0.1, 0.15) is 25.3 Å². The first kappa shape index (κ1) is 18.1. The van der Waals surface area contributed by atoms with Crippen molar-refractivity contribution in [2.75, 3.05) is 11.6 Å². The van der Waals surface area contributed by atoms with E-state index in [4.69, 9.17) is 0 Å². The molecule has 2 aromatic carbocycles. The van der Waals surface area contributed by atoms with Crippen LogP contribution in [0.2, 0.25) is 0 Å². The van der Waals surface area contributed by atoms with E-state index in [1.54, 1.807) is 11.8 Å². The molecule has 0 saturated heterocycles. The smallest absolute Gasteiger partial charge is 0.248 e. The maximum atomic E-state index is 12.3. The van der Waals surface area contributed by atoms with Gasteiger partial charge in [0.2, 0.25) is 11.7 Å². The topological polar surface area (TPSA) is 72.7 Å². The Bertz CT molecular complexity index is 889. The minimum absolute atomic E-state index is 0.0137. The van der Waals surface area contributed by atoms with Gasteiger partial charge < -0.3 is 5.32 Å². The fourth-order valence-electron chi connectivity index (χ4n) is 2.51. The molecule has 1 aromatic heterocycles. The maximum Gasteiger partial charge on any atom is 0.248 e. The Labute approximate surface area is 157 Å². The quantitative estimate of drug-likeness (QED) is 0.671. The SMILES string of the molecule is CSc1ccccc1NC(=O)Cn1nnc(-c2ccc(C(C)C)cc2)n1. The summed E-state index contributed by atoms with van der Waals surface area (Å²) in [6, 6.07) is 15.8. The van der Waals surface area contributed by atoms with Crippen LogP contribution in [0.3, 0.4) is 0 Å². The van der Waals surface area contributed by atoms with Crippen molar-refractivity contribution in [3.05, 3.63) is 54.1 Å². The summed E-state index contributed by atoms with van der Waals surface area (Å²) in [6.45, 7) is 4.31. The fraction of sp³-hybridized carbons (Fsp3) is 0.263. The number of para-hydroxylation sites is 1. The molecule has 134 valence electrons. The Morgan fingerprint density at radius 1 is 1.15 bits per heavy atom. The molecule has 6 nitrogen and oxygen atoms in total. The lowest BCUT2D eigenvalue weighted by atomic mass is 10.0. The van der Waals surface area contributed by atoms with E-state index in [0.29, 0.717) is 11.7 Å². The first-order valence-electron chi connectivity index (χ1n) is 8.38. The molecule has 1 amide bonds. The number of anilines is 1. The number of amides is 1. The fourth-order valence-corrected chi connectivity index (χ4v) is 3.06. The number of nitrogens with zero attached hydrogens (tertiary/aromatic N) is 4. The minimum atomic E-state index is -0.189. The second kappa shape index (κ2) is 8.14. The van der Waals surface area contributed by atoms with E-state index in [-0.39, 0.29) is 12.5 Å². The standard InChI is InChI=1S/C19H21N5OS/c1-13(2)14-8-10-15(11-9-14)19-21-23-24(22-19)12-18(25)20-16-6-4-5-7-17(16)26-3/h4-11,13H,12H2,1-3H3,(H,20,25). The van der Waals surface area contributed by atoms with Crippen molar-refractivity contribution in [2.24, 2.45) is 0 Å². The third kappa shape index (κ3) is 4.29. The van der Waals surface area contributed by atoms with Crippen molar-refractivity contribution in [2.45, 2.75) is 31.2 Å². The molecular formula is C19H21N5OS. The van der Waals surface area contributed by atoms with Crippen molar-refractivity contribution < 1.29 is 4.79 Å². The zero-order chi connectivity index (χ0) is 18.5. The summed E-state index contributed by atoms with van der Waals surface area (Å²) in [7, 11) is 0. The van der Waals surface area contributed by atoms with E-state index < -0.39 is 0 Å². The molecule has 0 aliphatic heterocycles. The number of aromatic nitrogens is 4. The zero-order valence-electron chi connectivity index (χ0n) is 15.0. The second-order valence-electron chi connectivity index (χ2n) is 6.17. The van der Waals surface area contributed by atoms with Gasteiger partial charge in [0.15, 0.2) is 0 Å². The van der Waals surface area contributed by atoms with Gasteiger partial charge in [-0.25, -0.2) is 0 Å². The third-order valence-corrected chi connectivity index (χ3v) is 4.75. The van der Waals surface area contributed by atoms with Gasteiger partial charge in [-0.1, -0.05) is 50.2 Å². The van der Waals surface area contributed by atoms with Crippen LogP contribution in [0.25, 0.3) is 11.4 Å². The highest BCUT2D eigenvalue weighted by atomic mass is 32.2. The molecule has 1 heterocycles. The summed E-state index contributed by atoms with van der Waals surface area (Å²) in [4.78, 5) is 14.6. The average Bonchev–Trinajstić information content (AvgIpc) is 3.10. The van der Waals surface area contributed by atoms with Crippen molar-refractivity contribution in [3.63, 3.8) is 0 Å². The molecule has 26 heavy (non-hydrogen) atoms. The summed E-state index contributed by atoms with van der Waals surface area (Å²) in [5.41, 5.74) is 2.93. The molecule has 0 saturated carbocycles. The second-order valence-corrected chi connectivity index (χ2v) is 7.02. The molecule has 0 unspecified atom stereocenters. The summed E-state index contributed by atoms with van der Waals surface area (Å²) in [5, 5.41) is 15.2. The summed E-state index contributed by atoms with van der Waals surface area (Å²) in [5.74, 6) is 0.795. The van der Waals surface area contributed by atoms with Crippen LogP contribution in [0, 0.1) is 0 Å². The van der Waals surface area contributed by atoms with Gasteiger partial charge in [-0.05, 0) is 35.1 Å². The number of carbonyl (C=O) groups excluding carboxylic acids is 1. The van der Waals surface area contributed by atoms with Crippen LogP contribution in [-0.4, -0.2) is 32.4 Å². The highest BCUT2D eigenvalue weighted by Gasteiger charge is 2.11. The van der Waals surface area contributed by atoms with Crippen LogP contribution in [0.4, 0.5) is 5.69 Å². The van der Waals surface area contributed by atoms with Crippen molar-refractivity contribution in [3.8, 4) is 11.4 Å². The summed E-state index contributed by atoms with van der Waals surface area (Å²) in [6.07, 6.45) is 1.97. The van der Waals surface area contributed by atoms with E-state index in [9.17, 15) is 4.79 Å². The predicted octanol–water partition coefficient (Wildman–Crippen LogP) is 3.82. The molecule has 0 radical (unpaired) electrons. The van der Waals surface area contributed by atoms with Gasteiger partial charge in [-0.3, -0.25) is 4.79 Å². The number of nitrogens with one attached hydrogen (secondary N) is 1. The monoisotopic (exact) mass is 367 g/mol. The summed E-state index contributed by atoms with van der Waals surface area (Å²) >= 11 is 1.58. The molecule has 7 heteroatoms. The Morgan fingerprint density at radius 3 is 2.58 bits per heavy atom. The number of carbonyl (C=O) groups is 1. The number of thioether (sulfide) groups is 1. The largest absolute Gasteiger partial charge is 0.323 e. The molecular weight excluding hydrogens is 346 g/mol. The van der Waals surface area contributed by atoms with Gasteiger partial charge in [0.25, 0.3) is 0 Å². The van der Waals surface area contributed by atoms with Gasteiger partial charge in [-0.15, -0.1) is 22.0 Å². The van der Waals surface area contributed by atoms with Gasteiger partial charge >= 0.3 is 0 Å². The van der Waals surface area contributed by atoms with Crippen molar-refractivity contribution >= 4 is 23.4 Å². The van der Waals surface area contributed by atoms with E-state index >= 15 is 0 Å². The molecule has 0 spiro atoms. The van der Waals surface area contributed by atoms with Crippen LogP contribution in [0.5, 0.6) is 0 Å². The number of hydrogen-bond donors (Lipinski definition) is 1. The van der Waals surface area contributed by atoms with Gasteiger partial charge in [0.1, 0.15) is 6.54 Å². The van der Waals surface area contributed by atoms with E-state index in [2.05, 4.69) is 46.7 Å². The van der Waals surface area contributed by atoms with E-state index in [1.807, 2.05) is 42.7 Å². The number of benzene rings is 2. The molecule has 1 N–H and O–H groups in total. The lowest BCUT2D eigenvalue weighted by Crippen LogP contribution is -2.20.